The number of nitrogens with zero attached hydrogens (tertiary/aromatic N) is 4. The molecule has 26 heavy (non-hydrogen) atoms. The molecule has 1 amide bonds. The summed E-state index contributed by atoms with van der Waals surface area (Å²) in [7, 11) is 0. The number of amides is 1. The lowest BCUT2D eigenvalue weighted by molar-refractivity contribution is 0.102. The maximum atomic E-state index is 12.3. The maximum Gasteiger partial charge on any atom is 0.276 e. The minimum absolute atomic E-state index is 0.263. The molecule has 0 unspecified atom stereocenters. The summed E-state index contributed by atoms with van der Waals surface area (Å²) in [5.74, 6) is 0.521. The molecule has 6 heteroatoms. The van der Waals surface area contributed by atoms with Crippen LogP contribution in [0, 0.1) is 0 Å². The van der Waals surface area contributed by atoms with Gasteiger partial charge in [0.2, 0.25) is 0 Å². The Kier molecular flexibility index (Phi) is 4.55. The zero-order valence-corrected chi connectivity index (χ0v) is 14.2. The molecular weight excluding hydrogens is 326 g/mol. The van der Waals surface area contributed by atoms with Crippen LogP contribution in [0.5, 0.6) is 0 Å². The van der Waals surface area contributed by atoms with Crippen LogP contribution in [0.15, 0.2) is 67.0 Å². The molecule has 0 bridgehead atoms. The van der Waals surface area contributed by atoms with Crippen LogP contribution in [0.1, 0.15) is 28.9 Å². The zero-order chi connectivity index (χ0) is 17.8. The van der Waals surface area contributed by atoms with Gasteiger partial charge in [0.1, 0.15) is 0 Å². The molecule has 3 aromatic rings. The second-order valence-electron chi connectivity index (χ2n) is 6.32. The summed E-state index contributed by atoms with van der Waals surface area (Å²) < 4.78 is 0. The van der Waals surface area contributed by atoms with Crippen molar-refractivity contribution in [2.24, 2.45) is 0 Å². The topological polar surface area (TPSA) is 71.0 Å². The van der Waals surface area contributed by atoms with Crippen LogP contribution in [0.3, 0.4) is 0 Å². The van der Waals surface area contributed by atoms with E-state index in [1.54, 1.807) is 12.3 Å². The van der Waals surface area contributed by atoms with Crippen molar-refractivity contribution in [3.05, 3.63) is 78.2 Å². The fraction of sp³-hybridized carbons (Fsp3) is 0.200. The number of benzene rings is 1. The van der Waals surface area contributed by atoms with Gasteiger partial charge in [0, 0.05) is 30.7 Å². The van der Waals surface area contributed by atoms with Gasteiger partial charge in [-0.1, -0.05) is 24.3 Å². The molecule has 0 spiro atoms. The quantitative estimate of drug-likeness (QED) is 0.742. The van der Waals surface area contributed by atoms with Gasteiger partial charge >= 0.3 is 0 Å². The first-order valence-electron chi connectivity index (χ1n) is 8.65. The second kappa shape index (κ2) is 7.31. The first kappa shape index (κ1) is 16.2. The average molecular weight is 345 g/mol. The Morgan fingerprint density at radius 1 is 1.04 bits per heavy atom. The van der Waals surface area contributed by atoms with E-state index >= 15 is 0 Å². The molecule has 1 saturated carbocycles. The molecule has 1 aromatic carbocycles. The monoisotopic (exact) mass is 345 g/mol. The molecular formula is C20H19N5O. The summed E-state index contributed by atoms with van der Waals surface area (Å²) in [4.78, 5) is 18.7. The summed E-state index contributed by atoms with van der Waals surface area (Å²) in [5, 5.41) is 11.2. The number of carbonyl (C=O) groups excluding carboxylic acids is 1. The minimum Gasteiger partial charge on any atom is -0.348 e. The Morgan fingerprint density at radius 2 is 1.88 bits per heavy atom. The fourth-order valence-corrected chi connectivity index (χ4v) is 2.79. The molecule has 2 heterocycles. The Labute approximate surface area is 151 Å². The van der Waals surface area contributed by atoms with Crippen LogP contribution in [0.2, 0.25) is 0 Å². The summed E-state index contributed by atoms with van der Waals surface area (Å²) >= 11 is 0. The highest BCUT2D eigenvalue weighted by molar-refractivity contribution is 6.02. The number of hydrogen-bond donors (Lipinski definition) is 1. The van der Waals surface area contributed by atoms with Gasteiger partial charge in [0.25, 0.3) is 5.91 Å². The first-order valence-corrected chi connectivity index (χ1v) is 8.65. The van der Waals surface area contributed by atoms with Crippen LogP contribution >= 0.6 is 0 Å². The third kappa shape index (κ3) is 3.85. The van der Waals surface area contributed by atoms with E-state index in [0.29, 0.717) is 11.7 Å². The van der Waals surface area contributed by atoms with Gasteiger partial charge in [-0.3, -0.25) is 9.78 Å². The van der Waals surface area contributed by atoms with E-state index in [2.05, 4.69) is 31.5 Å². The maximum absolute atomic E-state index is 12.3. The summed E-state index contributed by atoms with van der Waals surface area (Å²) in [6.07, 6.45) is 5.94. The minimum atomic E-state index is -0.263. The van der Waals surface area contributed by atoms with E-state index in [9.17, 15) is 4.79 Å². The van der Waals surface area contributed by atoms with E-state index in [0.717, 1.165) is 36.5 Å². The molecule has 0 saturated heterocycles. The number of rotatable bonds is 6. The van der Waals surface area contributed by atoms with Crippen LogP contribution in [0.4, 0.5) is 11.5 Å². The van der Waals surface area contributed by atoms with Crippen molar-refractivity contribution >= 4 is 17.4 Å². The number of para-hydroxylation sites is 1. The van der Waals surface area contributed by atoms with Crippen LogP contribution in [0.25, 0.3) is 0 Å². The Hall–Kier alpha value is -3.28. The van der Waals surface area contributed by atoms with Gasteiger partial charge in [-0.2, -0.15) is 0 Å². The van der Waals surface area contributed by atoms with Crippen molar-refractivity contribution in [2.75, 3.05) is 10.2 Å². The predicted molar refractivity (Wildman–Crippen MR) is 99.9 cm³/mol. The number of carbonyl (C=O) groups is 1. The second-order valence-corrected chi connectivity index (χ2v) is 6.32. The Bertz CT molecular complexity index is 864. The highest BCUT2D eigenvalue weighted by Crippen LogP contribution is 2.31. The van der Waals surface area contributed by atoms with Crippen molar-refractivity contribution in [2.45, 2.75) is 25.4 Å². The number of anilines is 2. The molecule has 6 nitrogen and oxygen atoms in total. The van der Waals surface area contributed by atoms with Crippen LogP contribution in [-0.2, 0) is 6.54 Å². The molecule has 0 atom stereocenters. The van der Waals surface area contributed by atoms with E-state index in [1.165, 1.54) is 0 Å². The molecule has 130 valence electrons. The SMILES string of the molecule is O=C(Nc1ccccc1)c1ccc(N(Cc2cccnc2)C2CC2)nn1. The normalized spacial score (nSPS) is 13.2. The summed E-state index contributed by atoms with van der Waals surface area (Å²) in [6, 6.07) is 17.4. The van der Waals surface area contributed by atoms with E-state index in [4.69, 9.17) is 0 Å². The highest BCUT2D eigenvalue weighted by atomic mass is 16.1. The number of nitrogens with one attached hydrogen (secondary N) is 1. The lowest BCUT2D eigenvalue weighted by Gasteiger charge is -2.23. The fourth-order valence-electron chi connectivity index (χ4n) is 2.79. The third-order valence-electron chi connectivity index (χ3n) is 4.27. The molecule has 0 radical (unpaired) electrons. The van der Waals surface area contributed by atoms with E-state index < -0.39 is 0 Å². The standard InChI is InChI=1S/C20H19N5O/c26-20(22-16-6-2-1-3-7-16)18-10-11-19(24-23-18)25(17-8-9-17)14-15-5-4-12-21-13-15/h1-7,10-13,17H,8-9,14H2,(H,22,26). The molecule has 2 aromatic heterocycles. The summed E-state index contributed by atoms with van der Waals surface area (Å²) in [6.45, 7) is 0.739. The zero-order valence-electron chi connectivity index (χ0n) is 14.2. The molecule has 4 rings (SSSR count). The number of pyridine rings is 1. The van der Waals surface area contributed by atoms with E-state index in [-0.39, 0.29) is 5.91 Å². The number of aromatic nitrogens is 3. The lowest BCUT2D eigenvalue weighted by atomic mass is 10.2. The van der Waals surface area contributed by atoms with Crippen molar-refractivity contribution in [3.8, 4) is 0 Å². The largest absolute Gasteiger partial charge is 0.348 e. The van der Waals surface area contributed by atoms with Crippen molar-refractivity contribution < 1.29 is 4.79 Å². The predicted octanol–water partition coefficient (Wildman–Crippen LogP) is 3.29. The molecule has 1 fully saturated rings. The highest BCUT2D eigenvalue weighted by Gasteiger charge is 2.30. The van der Waals surface area contributed by atoms with Crippen LogP contribution in [-0.4, -0.2) is 27.1 Å². The Morgan fingerprint density at radius 3 is 2.54 bits per heavy atom. The van der Waals surface area contributed by atoms with Gasteiger partial charge in [-0.25, -0.2) is 0 Å². The summed E-state index contributed by atoms with van der Waals surface area (Å²) in [5.41, 5.74) is 2.17. The molecule has 1 aliphatic rings. The Balaban J connectivity index is 1.48. The van der Waals surface area contributed by atoms with Gasteiger partial charge in [0.15, 0.2) is 11.5 Å². The van der Waals surface area contributed by atoms with Gasteiger partial charge in [-0.05, 0) is 48.7 Å². The molecule has 1 aliphatic carbocycles. The average Bonchev–Trinajstić information content (AvgIpc) is 3.53. The van der Waals surface area contributed by atoms with E-state index in [1.807, 2.05) is 48.7 Å². The van der Waals surface area contributed by atoms with Gasteiger partial charge < -0.3 is 10.2 Å². The molecule has 0 aliphatic heterocycles. The van der Waals surface area contributed by atoms with Crippen molar-refractivity contribution in [3.63, 3.8) is 0 Å². The van der Waals surface area contributed by atoms with Crippen molar-refractivity contribution in [1.29, 1.82) is 0 Å². The van der Waals surface area contributed by atoms with Crippen LogP contribution < -0.4 is 10.2 Å². The van der Waals surface area contributed by atoms with Crippen molar-refractivity contribution in [1.82, 2.24) is 15.2 Å². The van der Waals surface area contributed by atoms with Gasteiger partial charge in [0.05, 0.1) is 0 Å². The van der Waals surface area contributed by atoms with Gasteiger partial charge in [-0.15, -0.1) is 10.2 Å². The third-order valence-corrected chi connectivity index (χ3v) is 4.27. The molecule has 1 N–H and O–H groups in total. The number of hydrogen-bond acceptors (Lipinski definition) is 5. The first-order chi connectivity index (χ1) is 12.8. The lowest BCUT2D eigenvalue weighted by Crippen LogP contribution is -2.26. The smallest absolute Gasteiger partial charge is 0.276 e.